The van der Waals surface area contributed by atoms with Crippen LogP contribution in [0.25, 0.3) is 11.0 Å². The van der Waals surface area contributed by atoms with Crippen LogP contribution in [0.5, 0.6) is 5.75 Å². The van der Waals surface area contributed by atoms with E-state index in [9.17, 15) is 9.59 Å². The van der Waals surface area contributed by atoms with E-state index in [1.54, 1.807) is 53.1 Å². The van der Waals surface area contributed by atoms with E-state index in [1.807, 2.05) is 31.2 Å². The van der Waals surface area contributed by atoms with Crippen molar-refractivity contribution >= 4 is 40.0 Å². The number of ether oxygens (including phenoxy) is 1. The lowest BCUT2D eigenvalue weighted by Gasteiger charge is -2.10. The van der Waals surface area contributed by atoms with Crippen LogP contribution in [0.15, 0.2) is 72.8 Å². The Balaban J connectivity index is 1.61. The van der Waals surface area contributed by atoms with Gasteiger partial charge in [-0.25, -0.2) is 4.98 Å². The number of halogens is 1. The lowest BCUT2D eigenvalue weighted by Crippen LogP contribution is -2.22. The Morgan fingerprint density at radius 1 is 1.00 bits per heavy atom. The number of carbonyl (C=O) groups excluding carboxylic acids is 2. The number of fused-ring (bicyclic) bond motifs is 1. The highest BCUT2D eigenvalue weighted by Gasteiger charge is 2.21. The van der Waals surface area contributed by atoms with Gasteiger partial charge in [-0.05, 0) is 67.6 Å². The summed E-state index contributed by atoms with van der Waals surface area (Å²) in [5.74, 6) is 0.390. The summed E-state index contributed by atoms with van der Waals surface area (Å²) < 4.78 is 7.05. The van der Waals surface area contributed by atoms with Gasteiger partial charge >= 0.3 is 0 Å². The number of ketones is 1. The number of nitrogens with zero attached hydrogens (tertiary/aromatic N) is 2. The molecule has 7 heteroatoms. The van der Waals surface area contributed by atoms with Gasteiger partial charge in [-0.3, -0.25) is 9.59 Å². The van der Waals surface area contributed by atoms with Crippen LogP contribution in [0.1, 0.15) is 23.1 Å². The van der Waals surface area contributed by atoms with Crippen molar-refractivity contribution in [3.8, 4) is 5.75 Å². The number of rotatable bonds is 7. The van der Waals surface area contributed by atoms with Gasteiger partial charge in [-0.1, -0.05) is 23.7 Å². The molecule has 3 aromatic carbocycles. The molecule has 0 aliphatic heterocycles. The molecule has 0 aliphatic rings. The number of hydrogen-bond donors (Lipinski definition) is 1. The fourth-order valence-electron chi connectivity index (χ4n) is 3.28. The number of anilines is 1. The van der Waals surface area contributed by atoms with Gasteiger partial charge in [0, 0.05) is 16.3 Å². The molecule has 31 heavy (non-hydrogen) atoms. The number of benzene rings is 3. The average molecular weight is 434 g/mol. The Morgan fingerprint density at radius 3 is 2.42 bits per heavy atom. The highest BCUT2D eigenvalue weighted by atomic mass is 35.5. The maximum Gasteiger partial charge on any atom is 0.244 e. The number of aromatic nitrogens is 2. The standard InChI is InChI=1S/C24H20ClN3O3/c1-2-31-19-13-11-18(12-14-19)26-22(29)15-28-21-6-4-3-5-20(21)27-24(28)23(30)16-7-9-17(25)10-8-16/h3-14H,2,15H2,1H3,(H,26,29). The minimum Gasteiger partial charge on any atom is -0.494 e. The van der Waals surface area contributed by atoms with Crippen LogP contribution in [0.2, 0.25) is 5.02 Å². The van der Waals surface area contributed by atoms with Crippen LogP contribution in [-0.4, -0.2) is 27.8 Å². The third-order valence-corrected chi connectivity index (χ3v) is 4.97. The van der Waals surface area contributed by atoms with E-state index in [4.69, 9.17) is 16.3 Å². The zero-order valence-electron chi connectivity index (χ0n) is 16.8. The van der Waals surface area contributed by atoms with Gasteiger partial charge in [0.05, 0.1) is 17.6 Å². The van der Waals surface area contributed by atoms with Crippen molar-refractivity contribution in [2.45, 2.75) is 13.5 Å². The Hall–Kier alpha value is -3.64. The predicted octanol–water partition coefficient (Wildman–Crippen LogP) is 4.96. The summed E-state index contributed by atoms with van der Waals surface area (Å²) in [6, 6.07) is 21.1. The second-order valence-corrected chi connectivity index (χ2v) is 7.29. The predicted molar refractivity (Wildman–Crippen MR) is 121 cm³/mol. The summed E-state index contributed by atoms with van der Waals surface area (Å²) in [4.78, 5) is 30.4. The Kier molecular flexibility index (Phi) is 6.00. The van der Waals surface area contributed by atoms with E-state index in [1.165, 1.54) is 0 Å². The lowest BCUT2D eigenvalue weighted by atomic mass is 10.1. The quantitative estimate of drug-likeness (QED) is 0.418. The zero-order valence-corrected chi connectivity index (χ0v) is 17.6. The van der Waals surface area contributed by atoms with E-state index in [2.05, 4.69) is 10.3 Å². The first-order valence-electron chi connectivity index (χ1n) is 9.83. The zero-order chi connectivity index (χ0) is 21.8. The van der Waals surface area contributed by atoms with Crippen LogP contribution >= 0.6 is 11.6 Å². The van der Waals surface area contributed by atoms with Gasteiger partial charge in [0.15, 0.2) is 5.82 Å². The molecule has 1 heterocycles. The summed E-state index contributed by atoms with van der Waals surface area (Å²) in [7, 11) is 0. The first-order chi connectivity index (χ1) is 15.0. The molecule has 1 aromatic heterocycles. The third-order valence-electron chi connectivity index (χ3n) is 4.71. The van der Waals surface area contributed by atoms with Gasteiger partial charge < -0.3 is 14.6 Å². The smallest absolute Gasteiger partial charge is 0.244 e. The topological polar surface area (TPSA) is 73.2 Å². The van der Waals surface area contributed by atoms with Gasteiger partial charge in [0.25, 0.3) is 0 Å². The molecule has 0 atom stereocenters. The van der Waals surface area contributed by atoms with Crippen molar-refractivity contribution in [2.75, 3.05) is 11.9 Å². The number of nitrogens with one attached hydrogen (secondary N) is 1. The molecule has 0 unspecified atom stereocenters. The van der Waals surface area contributed by atoms with Gasteiger partial charge in [0.1, 0.15) is 12.3 Å². The Bertz CT molecular complexity index is 1230. The van der Waals surface area contributed by atoms with Crippen molar-refractivity contribution in [1.29, 1.82) is 0 Å². The van der Waals surface area contributed by atoms with Crippen LogP contribution < -0.4 is 10.1 Å². The molecular formula is C24H20ClN3O3. The summed E-state index contributed by atoms with van der Waals surface area (Å²) in [6.45, 7) is 2.43. The minimum absolute atomic E-state index is 0.0532. The van der Waals surface area contributed by atoms with E-state index >= 15 is 0 Å². The van der Waals surface area contributed by atoms with Crippen molar-refractivity contribution in [3.63, 3.8) is 0 Å². The highest BCUT2D eigenvalue weighted by molar-refractivity contribution is 6.30. The fourth-order valence-corrected chi connectivity index (χ4v) is 3.41. The van der Waals surface area contributed by atoms with E-state index < -0.39 is 0 Å². The molecule has 0 radical (unpaired) electrons. The second kappa shape index (κ2) is 9.02. The summed E-state index contributed by atoms with van der Waals surface area (Å²) in [5.41, 5.74) is 2.45. The maximum atomic E-state index is 13.1. The molecular weight excluding hydrogens is 414 g/mol. The van der Waals surface area contributed by atoms with Crippen molar-refractivity contribution in [3.05, 3.63) is 89.2 Å². The van der Waals surface area contributed by atoms with Crippen molar-refractivity contribution in [2.24, 2.45) is 0 Å². The first-order valence-corrected chi connectivity index (χ1v) is 10.2. The largest absolute Gasteiger partial charge is 0.494 e. The molecule has 0 aliphatic carbocycles. The van der Waals surface area contributed by atoms with E-state index in [0.29, 0.717) is 33.9 Å². The third kappa shape index (κ3) is 4.59. The van der Waals surface area contributed by atoms with Gasteiger partial charge in [0.2, 0.25) is 11.7 Å². The van der Waals surface area contributed by atoms with Crippen molar-refractivity contribution in [1.82, 2.24) is 9.55 Å². The average Bonchev–Trinajstić information content (AvgIpc) is 3.14. The molecule has 4 rings (SSSR count). The SMILES string of the molecule is CCOc1ccc(NC(=O)Cn2c(C(=O)c3ccc(Cl)cc3)nc3ccccc32)cc1. The molecule has 0 fully saturated rings. The number of hydrogen-bond acceptors (Lipinski definition) is 4. The Morgan fingerprint density at radius 2 is 1.71 bits per heavy atom. The highest BCUT2D eigenvalue weighted by Crippen LogP contribution is 2.21. The summed E-state index contributed by atoms with van der Waals surface area (Å²) >= 11 is 5.94. The van der Waals surface area contributed by atoms with Crippen molar-refractivity contribution < 1.29 is 14.3 Å². The number of imidazole rings is 1. The Labute approximate surface area is 184 Å². The van der Waals surface area contributed by atoms with E-state index in [-0.39, 0.29) is 24.1 Å². The molecule has 0 saturated carbocycles. The number of carbonyl (C=O) groups is 2. The normalized spacial score (nSPS) is 10.8. The molecule has 6 nitrogen and oxygen atoms in total. The molecule has 4 aromatic rings. The fraction of sp³-hybridized carbons (Fsp3) is 0.125. The summed E-state index contributed by atoms with van der Waals surface area (Å²) in [6.07, 6.45) is 0. The molecule has 0 saturated heterocycles. The van der Waals surface area contributed by atoms with Crippen LogP contribution in [-0.2, 0) is 11.3 Å². The molecule has 0 spiro atoms. The molecule has 0 bridgehead atoms. The minimum atomic E-state index is -0.276. The molecule has 1 amide bonds. The van der Waals surface area contributed by atoms with Gasteiger partial charge in [-0.15, -0.1) is 0 Å². The monoisotopic (exact) mass is 433 g/mol. The maximum absolute atomic E-state index is 13.1. The number of amides is 1. The van der Waals surface area contributed by atoms with E-state index in [0.717, 1.165) is 5.75 Å². The first kappa shape index (κ1) is 20.6. The second-order valence-electron chi connectivity index (χ2n) is 6.85. The molecule has 156 valence electrons. The van der Waals surface area contributed by atoms with Crippen LogP contribution in [0.4, 0.5) is 5.69 Å². The molecule has 1 N–H and O–H groups in total. The summed E-state index contributed by atoms with van der Waals surface area (Å²) in [5, 5.41) is 3.40. The lowest BCUT2D eigenvalue weighted by molar-refractivity contribution is -0.116. The number of para-hydroxylation sites is 2. The van der Waals surface area contributed by atoms with Gasteiger partial charge in [-0.2, -0.15) is 0 Å². The van der Waals surface area contributed by atoms with Crippen LogP contribution in [0, 0.1) is 0 Å². The van der Waals surface area contributed by atoms with Crippen LogP contribution in [0.3, 0.4) is 0 Å².